The molecule has 0 spiro atoms. The molecular formula is C16H27NO. The van der Waals surface area contributed by atoms with E-state index in [-0.39, 0.29) is 0 Å². The average molecular weight is 249 g/mol. The monoisotopic (exact) mass is 249 g/mol. The molecule has 0 aliphatic heterocycles. The number of likely N-dealkylation sites (N-methyl/N-ethyl adjacent to an activating group) is 1. The van der Waals surface area contributed by atoms with Gasteiger partial charge < -0.3 is 10.1 Å². The number of hydrogen-bond donors (Lipinski definition) is 1. The molecule has 2 heteroatoms. The van der Waals surface area contributed by atoms with E-state index in [1.807, 2.05) is 7.05 Å². The second kappa shape index (κ2) is 7.42. The Bertz CT molecular complexity index is 360. The highest BCUT2D eigenvalue weighted by Gasteiger charge is 2.08. The number of nitrogens with one attached hydrogen (secondary N) is 1. The second-order valence-electron chi connectivity index (χ2n) is 5.26. The Hall–Kier alpha value is -1.02. The summed E-state index contributed by atoms with van der Waals surface area (Å²) in [6, 6.07) is 6.84. The molecular weight excluding hydrogens is 222 g/mol. The average Bonchev–Trinajstić information content (AvgIpc) is 2.35. The smallest absolute Gasteiger partial charge is 0.119 e. The fourth-order valence-electron chi connectivity index (χ4n) is 2.19. The standard InChI is InChI=1S/C16H27NO/c1-6-7-14(17-5)11-18-15-9-8-13(4)16(10-15)12(2)3/h8-10,12,14,17H,6-7,11H2,1-5H3. The lowest BCUT2D eigenvalue weighted by molar-refractivity contribution is 0.262. The van der Waals surface area contributed by atoms with Crippen molar-refractivity contribution < 1.29 is 4.74 Å². The Labute approximate surface area is 112 Å². The predicted molar refractivity (Wildman–Crippen MR) is 78.5 cm³/mol. The third kappa shape index (κ3) is 4.34. The van der Waals surface area contributed by atoms with E-state index >= 15 is 0 Å². The van der Waals surface area contributed by atoms with Crippen molar-refractivity contribution in [1.82, 2.24) is 5.32 Å². The van der Waals surface area contributed by atoms with E-state index in [0.29, 0.717) is 12.0 Å². The predicted octanol–water partition coefficient (Wildman–Crippen LogP) is 3.89. The van der Waals surface area contributed by atoms with Gasteiger partial charge in [-0.1, -0.05) is 33.3 Å². The van der Waals surface area contributed by atoms with Crippen molar-refractivity contribution in [2.45, 2.75) is 52.5 Å². The van der Waals surface area contributed by atoms with Crippen molar-refractivity contribution in [3.05, 3.63) is 29.3 Å². The highest BCUT2D eigenvalue weighted by atomic mass is 16.5. The Balaban J connectivity index is 2.65. The summed E-state index contributed by atoms with van der Waals surface area (Å²) >= 11 is 0. The first-order valence-corrected chi connectivity index (χ1v) is 6.99. The molecule has 1 unspecified atom stereocenters. The lowest BCUT2D eigenvalue weighted by atomic mass is 9.98. The number of ether oxygens (including phenoxy) is 1. The second-order valence-corrected chi connectivity index (χ2v) is 5.26. The maximum absolute atomic E-state index is 5.89. The van der Waals surface area contributed by atoms with Gasteiger partial charge in [0.2, 0.25) is 0 Å². The zero-order valence-corrected chi connectivity index (χ0v) is 12.4. The van der Waals surface area contributed by atoms with Crippen LogP contribution in [-0.2, 0) is 0 Å². The molecule has 0 saturated carbocycles. The van der Waals surface area contributed by atoms with E-state index in [0.717, 1.165) is 18.8 Å². The molecule has 102 valence electrons. The molecule has 0 bridgehead atoms. The number of hydrogen-bond acceptors (Lipinski definition) is 2. The SMILES string of the molecule is CCCC(COc1ccc(C)c(C(C)C)c1)NC. The largest absolute Gasteiger partial charge is 0.492 e. The minimum atomic E-state index is 0.443. The summed E-state index contributed by atoms with van der Waals surface area (Å²) in [5.41, 5.74) is 2.72. The minimum absolute atomic E-state index is 0.443. The third-order valence-corrected chi connectivity index (χ3v) is 3.37. The normalized spacial score (nSPS) is 12.8. The van der Waals surface area contributed by atoms with Crippen molar-refractivity contribution in [1.29, 1.82) is 0 Å². The molecule has 0 fully saturated rings. The highest BCUT2D eigenvalue weighted by Crippen LogP contribution is 2.24. The van der Waals surface area contributed by atoms with E-state index in [4.69, 9.17) is 4.74 Å². The zero-order chi connectivity index (χ0) is 13.5. The van der Waals surface area contributed by atoms with Crippen LogP contribution >= 0.6 is 0 Å². The van der Waals surface area contributed by atoms with Gasteiger partial charge in [0.25, 0.3) is 0 Å². The van der Waals surface area contributed by atoms with Crippen LogP contribution in [0, 0.1) is 6.92 Å². The Morgan fingerprint density at radius 2 is 2.00 bits per heavy atom. The highest BCUT2D eigenvalue weighted by molar-refractivity contribution is 5.36. The quantitative estimate of drug-likeness (QED) is 0.791. The van der Waals surface area contributed by atoms with Crippen LogP contribution in [0.4, 0.5) is 0 Å². The summed E-state index contributed by atoms with van der Waals surface area (Å²) in [6.07, 6.45) is 2.33. The summed E-state index contributed by atoms with van der Waals surface area (Å²) in [5, 5.41) is 3.30. The maximum Gasteiger partial charge on any atom is 0.119 e. The molecule has 0 amide bonds. The van der Waals surface area contributed by atoms with E-state index in [1.54, 1.807) is 0 Å². The molecule has 1 aromatic rings. The molecule has 2 nitrogen and oxygen atoms in total. The molecule has 0 aliphatic carbocycles. The Kier molecular flexibility index (Phi) is 6.20. The van der Waals surface area contributed by atoms with Crippen LogP contribution in [0.15, 0.2) is 18.2 Å². The lowest BCUT2D eigenvalue weighted by Crippen LogP contribution is -2.31. The molecule has 0 aliphatic rings. The maximum atomic E-state index is 5.89. The van der Waals surface area contributed by atoms with Gasteiger partial charge in [-0.15, -0.1) is 0 Å². The van der Waals surface area contributed by atoms with Crippen LogP contribution in [0.5, 0.6) is 5.75 Å². The molecule has 0 heterocycles. The van der Waals surface area contributed by atoms with Crippen LogP contribution in [0.25, 0.3) is 0 Å². The number of rotatable bonds is 7. The van der Waals surface area contributed by atoms with Gasteiger partial charge in [0.1, 0.15) is 12.4 Å². The van der Waals surface area contributed by atoms with Crippen molar-refractivity contribution in [2.75, 3.05) is 13.7 Å². The fraction of sp³-hybridized carbons (Fsp3) is 0.625. The molecule has 18 heavy (non-hydrogen) atoms. The molecule has 0 radical (unpaired) electrons. The molecule has 1 atom stereocenters. The van der Waals surface area contributed by atoms with E-state index < -0.39 is 0 Å². The van der Waals surface area contributed by atoms with Crippen molar-refractivity contribution in [2.24, 2.45) is 0 Å². The first-order valence-electron chi connectivity index (χ1n) is 6.99. The third-order valence-electron chi connectivity index (χ3n) is 3.37. The molecule has 0 saturated heterocycles. The van der Waals surface area contributed by atoms with Gasteiger partial charge in [0.05, 0.1) is 0 Å². The number of benzene rings is 1. The van der Waals surface area contributed by atoms with Crippen LogP contribution < -0.4 is 10.1 Å². The van der Waals surface area contributed by atoms with E-state index in [2.05, 4.69) is 51.2 Å². The lowest BCUT2D eigenvalue weighted by Gasteiger charge is -2.17. The van der Waals surface area contributed by atoms with E-state index in [9.17, 15) is 0 Å². The van der Waals surface area contributed by atoms with Crippen molar-refractivity contribution >= 4 is 0 Å². The zero-order valence-electron chi connectivity index (χ0n) is 12.4. The van der Waals surface area contributed by atoms with Gasteiger partial charge in [-0.3, -0.25) is 0 Å². The van der Waals surface area contributed by atoms with Crippen LogP contribution in [0.3, 0.4) is 0 Å². The first-order chi connectivity index (χ1) is 8.58. The van der Waals surface area contributed by atoms with Gasteiger partial charge in [-0.2, -0.15) is 0 Å². The number of aryl methyl sites for hydroxylation is 1. The van der Waals surface area contributed by atoms with Crippen molar-refractivity contribution in [3.8, 4) is 5.75 Å². The minimum Gasteiger partial charge on any atom is -0.492 e. The van der Waals surface area contributed by atoms with Crippen LogP contribution in [0.2, 0.25) is 0 Å². The summed E-state index contributed by atoms with van der Waals surface area (Å²) < 4.78 is 5.89. The Morgan fingerprint density at radius 1 is 1.28 bits per heavy atom. The topological polar surface area (TPSA) is 21.3 Å². The van der Waals surface area contributed by atoms with Gasteiger partial charge in [0.15, 0.2) is 0 Å². The first kappa shape index (κ1) is 15.0. The van der Waals surface area contributed by atoms with Gasteiger partial charge in [0, 0.05) is 6.04 Å². The summed E-state index contributed by atoms with van der Waals surface area (Å²) in [6.45, 7) is 9.55. The molecule has 1 N–H and O–H groups in total. The van der Waals surface area contributed by atoms with Crippen LogP contribution in [-0.4, -0.2) is 19.7 Å². The Morgan fingerprint density at radius 3 is 2.56 bits per heavy atom. The summed E-state index contributed by atoms with van der Waals surface area (Å²) in [7, 11) is 2.00. The summed E-state index contributed by atoms with van der Waals surface area (Å²) in [5.74, 6) is 1.53. The van der Waals surface area contributed by atoms with Crippen LogP contribution in [0.1, 0.15) is 50.7 Å². The summed E-state index contributed by atoms with van der Waals surface area (Å²) in [4.78, 5) is 0. The van der Waals surface area contributed by atoms with Gasteiger partial charge >= 0.3 is 0 Å². The van der Waals surface area contributed by atoms with E-state index in [1.165, 1.54) is 17.5 Å². The fourth-order valence-corrected chi connectivity index (χ4v) is 2.19. The van der Waals surface area contributed by atoms with Crippen molar-refractivity contribution in [3.63, 3.8) is 0 Å². The molecule has 0 aromatic heterocycles. The molecule has 1 aromatic carbocycles. The van der Waals surface area contributed by atoms with Gasteiger partial charge in [-0.25, -0.2) is 0 Å². The molecule has 1 rings (SSSR count). The van der Waals surface area contributed by atoms with Gasteiger partial charge in [-0.05, 0) is 49.6 Å².